The van der Waals surface area contributed by atoms with Gasteiger partial charge in [-0.3, -0.25) is 15.0 Å². The Labute approximate surface area is 170 Å². The van der Waals surface area contributed by atoms with Gasteiger partial charge >= 0.3 is 0 Å². The number of nitrogens with zero attached hydrogens (tertiary/aromatic N) is 1. The van der Waals surface area contributed by atoms with Crippen LogP contribution in [0.2, 0.25) is 0 Å². The number of hydrazine groups is 1. The summed E-state index contributed by atoms with van der Waals surface area (Å²) in [5.74, 6) is -1.03. The number of imide groups is 1. The Morgan fingerprint density at radius 2 is 1.52 bits per heavy atom. The molecule has 6 heteroatoms. The summed E-state index contributed by atoms with van der Waals surface area (Å²) in [5.41, 5.74) is 5.61. The standard InChI is InChI=1S/C23H26F2N2O2/c1-13(2)20(26-27-22(28)15(4)16(5)23(27)29)12-11-19(21(24)25)17(6)18-9-7-14(3)8-10-18/h7-13,21,26H,6H2,1-5H3/b19-11+,20-12+. The van der Waals surface area contributed by atoms with Gasteiger partial charge in [0, 0.05) is 22.4 Å². The van der Waals surface area contributed by atoms with Crippen molar-refractivity contribution >= 4 is 17.4 Å². The van der Waals surface area contributed by atoms with Gasteiger partial charge in [0.05, 0.1) is 0 Å². The monoisotopic (exact) mass is 400 g/mol. The lowest BCUT2D eigenvalue weighted by atomic mass is 9.98. The van der Waals surface area contributed by atoms with Crippen LogP contribution < -0.4 is 5.43 Å². The van der Waals surface area contributed by atoms with Gasteiger partial charge in [0.15, 0.2) is 0 Å². The molecule has 0 aromatic heterocycles. The van der Waals surface area contributed by atoms with Crippen LogP contribution in [0.1, 0.15) is 38.8 Å². The number of alkyl halides is 2. The fourth-order valence-electron chi connectivity index (χ4n) is 2.74. The van der Waals surface area contributed by atoms with Crippen molar-refractivity contribution in [2.45, 2.75) is 41.0 Å². The minimum Gasteiger partial charge on any atom is -0.292 e. The summed E-state index contributed by atoms with van der Waals surface area (Å²) in [6, 6.07) is 7.17. The molecule has 29 heavy (non-hydrogen) atoms. The van der Waals surface area contributed by atoms with Crippen LogP contribution >= 0.6 is 0 Å². The molecule has 1 aromatic carbocycles. The van der Waals surface area contributed by atoms with Crippen LogP contribution in [0.15, 0.2) is 65.4 Å². The Kier molecular flexibility index (Phi) is 6.90. The molecule has 0 atom stereocenters. The van der Waals surface area contributed by atoms with E-state index < -0.39 is 18.2 Å². The average molecular weight is 400 g/mol. The number of halogens is 2. The van der Waals surface area contributed by atoms with E-state index >= 15 is 0 Å². The number of hydrogen-bond acceptors (Lipinski definition) is 3. The second-order valence-electron chi connectivity index (χ2n) is 7.35. The molecule has 1 aromatic rings. The second kappa shape index (κ2) is 8.99. The fourth-order valence-corrected chi connectivity index (χ4v) is 2.74. The van der Waals surface area contributed by atoms with Gasteiger partial charge in [-0.2, -0.15) is 5.01 Å². The Hall–Kier alpha value is -3.02. The van der Waals surface area contributed by atoms with E-state index in [1.807, 2.05) is 32.9 Å². The highest BCUT2D eigenvalue weighted by Gasteiger charge is 2.34. The summed E-state index contributed by atoms with van der Waals surface area (Å²) < 4.78 is 27.4. The summed E-state index contributed by atoms with van der Waals surface area (Å²) in [6.07, 6.45) is 0.0253. The SMILES string of the molecule is C=C(/C(=C\C=C(\NN1C(=O)C(C)=C(C)C1=O)C(C)C)C(F)F)c1ccc(C)cc1. The molecule has 1 aliphatic rings. The van der Waals surface area contributed by atoms with E-state index in [0.29, 0.717) is 22.4 Å². The molecule has 2 rings (SSSR count). The largest absolute Gasteiger partial charge is 0.292 e. The predicted octanol–water partition coefficient (Wildman–Crippen LogP) is 4.95. The number of carbonyl (C=O) groups is 2. The van der Waals surface area contributed by atoms with Crippen LogP contribution in [-0.2, 0) is 9.59 Å². The van der Waals surface area contributed by atoms with E-state index in [9.17, 15) is 18.4 Å². The molecule has 0 radical (unpaired) electrons. The molecular formula is C23H26F2N2O2. The van der Waals surface area contributed by atoms with Gasteiger partial charge in [-0.25, -0.2) is 8.78 Å². The Bertz CT molecular complexity index is 899. The summed E-state index contributed by atoms with van der Waals surface area (Å²) in [5, 5.41) is 0.918. The maximum atomic E-state index is 13.7. The molecule has 1 N–H and O–H groups in total. The van der Waals surface area contributed by atoms with E-state index in [2.05, 4.69) is 12.0 Å². The normalized spacial score (nSPS) is 15.8. The predicted molar refractivity (Wildman–Crippen MR) is 111 cm³/mol. The van der Waals surface area contributed by atoms with Crippen LogP contribution in [0, 0.1) is 12.8 Å². The first-order chi connectivity index (χ1) is 13.5. The first-order valence-corrected chi connectivity index (χ1v) is 9.33. The van der Waals surface area contributed by atoms with Gasteiger partial charge < -0.3 is 0 Å². The highest BCUT2D eigenvalue weighted by molar-refractivity contribution is 6.18. The van der Waals surface area contributed by atoms with E-state index in [1.165, 1.54) is 12.2 Å². The number of aryl methyl sites for hydroxylation is 1. The minimum absolute atomic E-state index is 0.139. The van der Waals surface area contributed by atoms with Gasteiger partial charge in [0.25, 0.3) is 18.2 Å². The van der Waals surface area contributed by atoms with Crippen molar-refractivity contribution in [1.82, 2.24) is 10.4 Å². The lowest BCUT2D eigenvalue weighted by molar-refractivity contribution is -0.140. The van der Waals surface area contributed by atoms with Crippen molar-refractivity contribution < 1.29 is 18.4 Å². The van der Waals surface area contributed by atoms with Gasteiger partial charge in [0.1, 0.15) is 0 Å². The van der Waals surface area contributed by atoms with Crippen LogP contribution in [0.3, 0.4) is 0 Å². The number of rotatable bonds is 7. The van der Waals surface area contributed by atoms with Gasteiger partial charge in [-0.1, -0.05) is 56.3 Å². The molecule has 4 nitrogen and oxygen atoms in total. The van der Waals surface area contributed by atoms with Gasteiger partial charge in [-0.05, 0) is 43.9 Å². The van der Waals surface area contributed by atoms with Crippen molar-refractivity contribution in [3.63, 3.8) is 0 Å². The minimum atomic E-state index is -2.73. The summed E-state index contributed by atoms with van der Waals surface area (Å²) in [4.78, 5) is 24.5. The molecule has 0 saturated heterocycles. The number of nitrogens with one attached hydrogen (secondary N) is 1. The van der Waals surface area contributed by atoms with Crippen molar-refractivity contribution in [1.29, 1.82) is 0 Å². The number of benzene rings is 1. The molecule has 0 spiro atoms. The van der Waals surface area contributed by atoms with Gasteiger partial charge in [0.2, 0.25) is 0 Å². The average Bonchev–Trinajstić information content (AvgIpc) is 2.84. The molecule has 1 heterocycles. The van der Waals surface area contributed by atoms with E-state index in [0.717, 1.165) is 10.6 Å². The third-order valence-corrected chi connectivity index (χ3v) is 4.90. The number of hydrogen-bond donors (Lipinski definition) is 1. The van der Waals surface area contributed by atoms with Crippen LogP contribution in [0.4, 0.5) is 8.78 Å². The third-order valence-electron chi connectivity index (χ3n) is 4.90. The zero-order chi connectivity index (χ0) is 21.9. The van der Waals surface area contributed by atoms with E-state index in [1.54, 1.807) is 26.0 Å². The highest BCUT2D eigenvalue weighted by Crippen LogP contribution is 2.27. The molecule has 1 aliphatic heterocycles. The summed E-state index contributed by atoms with van der Waals surface area (Å²) >= 11 is 0. The maximum Gasteiger partial charge on any atom is 0.275 e. The van der Waals surface area contributed by atoms with Gasteiger partial charge in [-0.15, -0.1) is 0 Å². The van der Waals surface area contributed by atoms with Crippen molar-refractivity contribution in [3.05, 3.63) is 76.5 Å². The Balaban J connectivity index is 2.33. The lowest BCUT2D eigenvalue weighted by Crippen LogP contribution is -2.44. The maximum absolute atomic E-state index is 13.7. The zero-order valence-corrected chi connectivity index (χ0v) is 17.3. The van der Waals surface area contributed by atoms with Crippen molar-refractivity contribution in [2.24, 2.45) is 5.92 Å². The number of carbonyl (C=O) groups excluding carboxylic acids is 2. The number of allylic oxidation sites excluding steroid dienone is 5. The number of amides is 2. The van der Waals surface area contributed by atoms with Crippen molar-refractivity contribution in [3.8, 4) is 0 Å². The lowest BCUT2D eigenvalue weighted by Gasteiger charge is -2.22. The Morgan fingerprint density at radius 3 is 1.97 bits per heavy atom. The van der Waals surface area contributed by atoms with Crippen LogP contribution in [0.5, 0.6) is 0 Å². The van der Waals surface area contributed by atoms with Crippen LogP contribution in [-0.4, -0.2) is 23.2 Å². The quantitative estimate of drug-likeness (QED) is 0.520. The van der Waals surface area contributed by atoms with E-state index in [-0.39, 0.29) is 17.1 Å². The molecule has 0 fully saturated rings. The van der Waals surface area contributed by atoms with E-state index in [4.69, 9.17) is 0 Å². The zero-order valence-electron chi connectivity index (χ0n) is 17.3. The second-order valence-corrected chi connectivity index (χ2v) is 7.35. The highest BCUT2D eigenvalue weighted by atomic mass is 19.3. The molecule has 0 aliphatic carbocycles. The topological polar surface area (TPSA) is 49.4 Å². The first kappa shape index (κ1) is 22.3. The first-order valence-electron chi connectivity index (χ1n) is 9.33. The van der Waals surface area contributed by atoms with Crippen LogP contribution in [0.25, 0.3) is 5.57 Å². The molecular weight excluding hydrogens is 374 g/mol. The molecule has 2 amide bonds. The smallest absolute Gasteiger partial charge is 0.275 e. The molecule has 0 bridgehead atoms. The fraction of sp³-hybridized carbons (Fsp3) is 0.304. The summed E-state index contributed by atoms with van der Waals surface area (Å²) in [6.45, 7) is 12.6. The molecule has 0 unspecified atom stereocenters. The third kappa shape index (κ3) is 4.88. The molecule has 0 saturated carbocycles. The Morgan fingerprint density at radius 1 is 1.00 bits per heavy atom. The van der Waals surface area contributed by atoms with Crippen molar-refractivity contribution in [2.75, 3.05) is 0 Å². The summed E-state index contributed by atoms with van der Waals surface area (Å²) in [7, 11) is 0. The molecule has 154 valence electrons.